The Hall–Kier alpha value is -2.64. The molecule has 1 aliphatic carbocycles. The van der Waals surface area contributed by atoms with Crippen LogP contribution in [0.1, 0.15) is 36.8 Å². The molecule has 3 fully saturated rings. The first kappa shape index (κ1) is 23.1. The van der Waals surface area contributed by atoms with Crippen molar-refractivity contribution in [3.63, 3.8) is 0 Å². The van der Waals surface area contributed by atoms with E-state index in [1.165, 1.54) is 5.56 Å². The number of pyridine rings is 1. The maximum atomic E-state index is 13.0. The number of carbonyl (C=O) groups is 1. The molecule has 1 aromatic carbocycles. The van der Waals surface area contributed by atoms with Crippen molar-refractivity contribution in [2.24, 2.45) is 0 Å². The highest BCUT2D eigenvalue weighted by molar-refractivity contribution is 5.78. The summed E-state index contributed by atoms with van der Waals surface area (Å²) in [6.45, 7) is 5.51. The van der Waals surface area contributed by atoms with Gasteiger partial charge in [0.2, 0.25) is 0 Å². The van der Waals surface area contributed by atoms with E-state index in [-0.39, 0.29) is 17.1 Å². The van der Waals surface area contributed by atoms with E-state index in [1.54, 1.807) is 0 Å². The van der Waals surface area contributed by atoms with Crippen LogP contribution in [0.15, 0.2) is 48.7 Å². The first-order chi connectivity index (χ1) is 16.4. The van der Waals surface area contributed by atoms with Crippen LogP contribution in [0.5, 0.6) is 0 Å². The number of nitrogens with zero attached hydrogens (tertiary/aromatic N) is 5. The summed E-state index contributed by atoms with van der Waals surface area (Å²) < 4.78 is 0. The smallest absolute Gasteiger partial charge is 0.318 e. The van der Waals surface area contributed by atoms with Crippen molar-refractivity contribution in [3.05, 3.63) is 59.8 Å². The average Bonchev–Trinajstić information content (AvgIpc) is 3.15. The maximum absolute atomic E-state index is 13.0. The molecule has 1 aromatic heterocycles. The van der Waals surface area contributed by atoms with Crippen LogP contribution in [-0.4, -0.2) is 85.1 Å². The van der Waals surface area contributed by atoms with Crippen LogP contribution in [0.25, 0.3) is 0 Å². The molecule has 2 aromatic rings. The molecule has 1 N–H and O–H groups in total. The first-order valence-electron chi connectivity index (χ1n) is 12.6. The van der Waals surface area contributed by atoms with Gasteiger partial charge in [-0.25, -0.2) is 9.78 Å². The Balaban J connectivity index is 1.25. The van der Waals surface area contributed by atoms with E-state index in [4.69, 9.17) is 0 Å². The lowest BCUT2D eigenvalue weighted by Crippen LogP contribution is -2.54. The number of aromatic nitrogens is 1. The van der Waals surface area contributed by atoms with Gasteiger partial charge in [-0.1, -0.05) is 30.3 Å². The standard InChI is InChI=1S/C27H38N6O/c1-30(2)27(23-7-5-4-6-8-23)12-10-26(11-13-27)21-33(25(34)29-26)20-22-9-14-28-24(19-22)32-17-15-31(3)16-18-32/h4-9,14,19H,10-13,15-18,20-21H2,1-3H3,(H,29,34)/t26-,27-. The fraction of sp³-hybridized carbons (Fsp3) is 0.556. The Morgan fingerprint density at radius 1 is 1.00 bits per heavy atom. The monoisotopic (exact) mass is 462 g/mol. The molecule has 1 saturated carbocycles. The molecule has 2 saturated heterocycles. The van der Waals surface area contributed by atoms with Crippen molar-refractivity contribution in [1.82, 2.24) is 25.0 Å². The molecular weight excluding hydrogens is 424 g/mol. The predicted octanol–water partition coefficient (Wildman–Crippen LogP) is 3.13. The quantitative estimate of drug-likeness (QED) is 0.740. The zero-order valence-corrected chi connectivity index (χ0v) is 20.8. The summed E-state index contributed by atoms with van der Waals surface area (Å²) >= 11 is 0. The minimum Gasteiger partial charge on any atom is -0.354 e. The number of hydrogen-bond donors (Lipinski definition) is 1. The summed E-state index contributed by atoms with van der Waals surface area (Å²) in [4.78, 5) is 26.7. The third kappa shape index (κ3) is 4.39. The highest BCUT2D eigenvalue weighted by atomic mass is 16.2. The van der Waals surface area contributed by atoms with Crippen molar-refractivity contribution in [3.8, 4) is 0 Å². The number of nitrogens with one attached hydrogen (secondary N) is 1. The highest BCUT2D eigenvalue weighted by Gasteiger charge is 2.49. The van der Waals surface area contributed by atoms with Gasteiger partial charge in [0.25, 0.3) is 0 Å². The van der Waals surface area contributed by atoms with E-state index < -0.39 is 0 Å². The zero-order valence-electron chi connectivity index (χ0n) is 20.8. The van der Waals surface area contributed by atoms with Gasteiger partial charge >= 0.3 is 6.03 Å². The molecule has 2 amide bonds. The molecule has 0 radical (unpaired) electrons. The zero-order chi connectivity index (χ0) is 23.8. The molecule has 1 spiro atoms. The van der Waals surface area contributed by atoms with Gasteiger partial charge in [-0.2, -0.15) is 0 Å². The van der Waals surface area contributed by atoms with E-state index in [9.17, 15) is 4.79 Å². The van der Waals surface area contributed by atoms with Crippen LogP contribution >= 0.6 is 0 Å². The Morgan fingerprint density at radius 3 is 2.38 bits per heavy atom. The number of hydrogen-bond acceptors (Lipinski definition) is 5. The number of amides is 2. The Kier molecular flexibility index (Phi) is 6.25. The lowest BCUT2D eigenvalue weighted by Gasteiger charge is -2.48. The van der Waals surface area contributed by atoms with Gasteiger partial charge in [0.15, 0.2) is 0 Å². The van der Waals surface area contributed by atoms with Gasteiger partial charge in [-0.3, -0.25) is 4.90 Å². The minimum absolute atomic E-state index is 0.0349. The van der Waals surface area contributed by atoms with Crippen LogP contribution in [0.4, 0.5) is 10.6 Å². The normalized spacial score (nSPS) is 28.1. The third-order valence-electron chi connectivity index (χ3n) is 8.36. The Labute approximate surface area is 203 Å². The van der Waals surface area contributed by atoms with Crippen LogP contribution in [0.3, 0.4) is 0 Å². The number of rotatable bonds is 5. The maximum Gasteiger partial charge on any atom is 0.318 e. The fourth-order valence-electron chi connectivity index (χ4n) is 6.07. The Morgan fingerprint density at radius 2 is 1.71 bits per heavy atom. The first-order valence-corrected chi connectivity index (χ1v) is 12.6. The van der Waals surface area contributed by atoms with Crippen molar-refractivity contribution in [2.45, 2.75) is 43.3 Å². The highest BCUT2D eigenvalue weighted by Crippen LogP contribution is 2.46. The Bertz CT molecular complexity index is 993. The van der Waals surface area contributed by atoms with Crippen LogP contribution in [0, 0.1) is 0 Å². The third-order valence-corrected chi connectivity index (χ3v) is 8.36. The molecule has 0 bridgehead atoms. The fourth-order valence-corrected chi connectivity index (χ4v) is 6.07. The van der Waals surface area contributed by atoms with Crippen LogP contribution in [-0.2, 0) is 12.1 Å². The van der Waals surface area contributed by atoms with Crippen LogP contribution in [0.2, 0.25) is 0 Å². The van der Waals surface area contributed by atoms with E-state index >= 15 is 0 Å². The van der Waals surface area contributed by atoms with Crippen molar-refractivity contribution in [2.75, 3.05) is 58.8 Å². The van der Waals surface area contributed by atoms with Gasteiger partial charge in [0, 0.05) is 51.0 Å². The van der Waals surface area contributed by atoms with Crippen molar-refractivity contribution >= 4 is 11.8 Å². The summed E-state index contributed by atoms with van der Waals surface area (Å²) in [5.41, 5.74) is 2.44. The minimum atomic E-state index is -0.126. The number of anilines is 1. The van der Waals surface area contributed by atoms with E-state index in [2.05, 4.69) is 82.5 Å². The molecule has 0 atom stereocenters. The summed E-state index contributed by atoms with van der Waals surface area (Å²) in [7, 11) is 6.54. The SMILES string of the molecule is CN1CCN(c2cc(CN3C[C@]4(CC[C@@](c5ccccc5)(N(C)C)CC4)NC3=O)ccn2)CC1. The molecule has 3 heterocycles. The number of likely N-dealkylation sites (N-methyl/N-ethyl adjacent to an activating group) is 1. The number of benzene rings is 1. The summed E-state index contributed by atoms with van der Waals surface area (Å²) in [6, 6.07) is 15.1. The molecule has 5 rings (SSSR count). The molecule has 182 valence electrons. The number of urea groups is 1. The lowest BCUT2D eigenvalue weighted by atomic mass is 9.69. The molecule has 3 aliphatic rings. The van der Waals surface area contributed by atoms with Gasteiger partial charge in [0.1, 0.15) is 5.82 Å². The largest absolute Gasteiger partial charge is 0.354 e. The van der Waals surface area contributed by atoms with E-state index in [0.29, 0.717) is 6.54 Å². The summed E-state index contributed by atoms with van der Waals surface area (Å²) in [5.74, 6) is 1.02. The average molecular weight is 463 g/mol. The van der Waals surface area contributed by atoms with E-state index in [0.717, 1.165) is 69.8 Å². The second-order valence-corrected chi connectivity index (χ2v) is 10.7. The van der Waals surface area contributed by atoms with Gasteiger partial charge < -0.3 is 20.0 Å². The molecule has 0 unspecified atom stereocenters. The molecule has 34 heavy (non-hydrogen) atoms. The van der Waals surface area contributed by atoms with Crippen molar-refractivity contribution in [1.29, 1.82) is 0 Å². The number of carbonyl (C=O) groups excluding carboxylic acids is 1. The van der Waals surface area contributed by atoms with Crippen LogP contribution < -0.4 is 10.2 Å². The summed E-state index contributed by atoms with van der Waals surface area (Å²) in [6.07, 6.45) is 5.96. The van der Waals surface area contributed by atoms with Gasteiger partial charge in [-0.15, -0.1) is 0 Å². The second-order valence-electron chi connectivity index (χ2n) is 10.7. The lowest BCUT2D eigenvalue weighted by molar-refractivity contribution is 0.0617. The molecule has 2 aliphatic heterocycles. The number of piperazine rings is 1. The van der Waals surface area contributed by atoms with E-state index in [1.807, 2.05) is 17.2 Å². The van der Waals surface area contributed by atoms with Gasteiger partial charge in [-0.05, 0) is 70.1 Å². The predicted molar refractivity (Wildman–Crippen MR) is 136 cm³/mol. The van der Waals surface area contributed by atoms with Crippen molar-refractivity contribution < 1.29 is 4.79 Å². The molecule has 7 nitrogen and oxygen atoms in total. The molecular formula is C27H38N6O. The topological polar surface area (TPSA) is 55.0 Å². The molecule has 7 heteroatoms. The second kappa shape index (κ2) is 9.19. The summed E-state index contributed by atoms with van der Waals surface area (Å²) in [5, 5.41) is 3.39. The van der Waals surface area contributed by atoms with Gasteiger partial charge in [0.05, 0.1) is 5.54 Å².